The van der Waals surface area contributed by atoms with Gasteiger partial charge in [0.15, 0.2) is 5.78 Å². The quantitative estimate of drug-likeness (QED) is 0.773. The normalized spacial score (nSPS) is 10.4. The smallest absolute Gasteiger partial charge is 0.164 e. The summed E-state index contributed by atoms with van der Waals surface area (Å²) >= 11 is 0. The number of hydrogen-bond acceptors (Lipinski definition) is 2. The van der Waals surface area contributed by atoms with Gasteiger partial charge in [-0.05, 0) is 43.1 Å². The maximum Gasteiger partial charge on any atom is 0.164 e. The van der Waals surface area contributed by atoms with E-state index in [2.05, 4.69) is 0 Å². The Hall–Kier alpha value is -1.22. The van der Waals surface area contributed by atoms with Gasteiger partial charge in [0.05, 0.1) is 0 Å². The molecule has 0 atom stereocenters. The molecule has 0 aromatic heterocycles. The maximum absolute atomic E-state index is 13.3. The Balaban J connectivity index is 3.12. The molecule has 0 saturated heterocycles. The molecule has 0 saturated carbocycles. The van der Waals surface area contributed by atoms with Crippen molar-refractivity contribution in [3.8, 4) is 0 Å². The van der Waals surface area contributed by atoms with Crippen LogP contribution in [-0.4, -0.2) is 12.3 Å². The van der Waals surface area contributed by atoms with Gasteiger partial charge >= 0.3 is 0 Å². The van der Waals surface area contributed by atoms with Gasteiger partial charge in [-0.15, -0.1) is 0 Å². The standard InChI is InChI=1S/C12H16FNO/c1-3-9-7-10(12(15)4-5-14)8(2)6-11(9)13/h6-7H,3-5,14H2,1-2H3. The average molecular weight is 209 g/mol. The van der Waals surface area contributed by atoms with Gasteiger partial charge in [-0.1, -0.05) is 6.92 Å². The first-order chi connectivity index (χ1) is 7.10. The second kappa shape index (κ2) is 5.03. The molecule has 0 bridgehead atoms. The number of aryl methyl sites for hydroxylation is 2. The predicted molar refractivity (Wildman–Crippen MR) is 58.5 cm³/mol. The molecule has 15 heavy (non-hydrogen) atoms. The van der Waals surface area contributed by atoms with Gasteiger partial charge in [0.25, 0.3) is 0 Å². The van der Waals surface area contributed by atoms with Crippen LogP contribution in [0, 0.1) is 12.7 Å². The van der Waals surface area contributed by atoms with E-state index in [1.165, 1.54) is 6.07 Å². The molecule has 82 valence electrons. The van der Waals surface area contributed by atoms with Crippen molar-refractivity contribution in [2.24, 2.45) is 5.73 Å². The van der Waals surface area contributed by atoms with Crippen molar-refractivity contribution in [3.05, 3.63) is 34.6 Å². The van der Waals surface area contributed by atoms with Gasteiger partial charge < -0.3 is 5.73 Å². The average Bonchev–Trinajstić information content (AvgIpc) is 2.18. The van der Waals surface area contributed by atoms with E-state index in [0.717, 1.165) is 0 Å². The van der Waals surface area contributed by atoms with E-state index < -0.39 is 0 Å². The van der Waals surface area contributed by atoms with Gasteiger partial charge in [0.2, 0.25) is 0 Å². The van der Waals surface area contributed by atoms with E-state index in [1.807, 2.05) is 6.92 Å². The molecule has 2 nitrogen and oxygen atoms in total. The summed E-state index contributed by atoms with van der Waals surface area (Å²) in [6, 6.07) is 3.06. The maximum atomic E-state index is 13.3. The highest BCUT2D eigenvalue weighted by molar-refractivity contribution is 5.97. The number of hydrogen-bond donors (Lipinski definition) is 1. The molecule has 0 unspecified atom stereocenters. The Kier molecular flexibility index (Phi) is 3.97. The third-order valence-electron chi connectivity index (χ3n) is 2.45. The van der Waals surface area contributed by atoms with Gasteiger partial charge in [0.1, 0.15) is 5.82 Å². The Morgan fingerprint density at radius 2 is 2.13 bits per heavy atom. The Labute approximate surface area is 89.3 Å². The first-order valence-electron chi connectivity index (χ1n) is 5.12. The van der Waals surface area contributed by atoms with E-state index >= 15 is 0 Å². The van der Waals surface area contributed by atoms with E-state index in [0.29, 0.717) is 36.1 Å². The molecule has 2 N–H and O–H groups in total. The second-order valence-electron chi connectivity index (χ2n) is 3.57. The predicted octanol–water partition coefficient (Wildman–Crippen LogP) is 2.23. The lowest BCUT2D eigenvalue weighted by atomic mass is 9.98. The lowest BCUT2D eigenvalue weighted by molar-refractivity contribution is 0.0984. The summed E-state index contributed by atoms with van der Waals surface area (Å²) in [5, 5.41) is 0. The minimum Gasteiger partial charge on any atom is -0.330 e. The van der Waals surface area contributed by atoms with Crippen LogP contribution in [0.25, 0.3) is 0 Å². The molecule has 0 heterocycles. The van der Waals surface area contributed by atoms with E-state index in [1.54, 1.807) is 13.0 Å². The second-order valence-corrected chi connectivity index (χ2v) is 3.57. The van der Waals surface area contributed by atoms with Crippen molar-refractivity contribution in [3.63, 3.8) is 0 Å². The summed E-state index contributed by atoms with van der Waals surface area (Å²) in [6.07, 6.45) is 0.907. The fourth-order valence-electron chi connectivity index (χ4n) is 1.55. The van der Waals surface area contributed by atoms with Crippen LogP contribution in [0.15, 0.2) is 12.1 Å². The molecule has 3 heteroatoms. The zero-order valence-electron chi connectivity index (χ0n) is 9.14. The number of carbonyl (C=O) groups is 1. The van der Waals surface area contributed by atoms with Crippen molar-refractivity contribution in [2.75, 3.05) is 6.54 Å². The monoisotopic (exact) mass is 209 g/mol. The number of rotatable bonds is 4. The number of Topliss-reactive ketones (excluding diaryl/α,β-unsaturated/α-hetero) is 1. The van der Waals surface area contributed by atoms with Gasteiger partial charge in [-0.25, -0.2) is 4.39 Å². The number of benzene rings is 1. The molecular formula is C12H16FNO. The third-order valence-corrected chi connectivity index (χ3v) is 2.45. The summed E-state index contributed by atoms with van der Waals surface area (Å²) in [5.74, 6) is -0.246. The lowest BCUT2D eigenvalue weighted by Crippen LogP contribution is -2.10. The number of ketones is 1. The van der Waals surface area contributed by atoms with E-state index in [9.17, 15) is 9.18 Å². The molecule has 0 aliphatic heterocycles. The highest BCUT2D eigenvalue weighted by Gasteiger charge is 2.11. The summed E-state index contributed by atoms with van der Waals surface area (Å²) in [5.41, 5.74) is 7.19. The molecule has 0 spiro atoms. The van der Waals surface area contributed by atoms with Gasteiger partial charge in [0, 0.05) is 12.0 Å². The molecule has 1 aromatic rings. The van der Waals surface area contributed by atoms with Gasteiger partial charge in [-0.3, -0.25) is 4.79 Å². The highest BCUT2D eigenvalue weighted by Crippen LogP contribution is 2.17. The fraction of sp³-hybridized carbons (Fsp3) is 0.417. The van der Waals surface area contributed by atoms with Crippen LogP contribution in [0.4, 0.5) is 4.39 Å². The molecular weight excluding hydrogens is 193 g/mol. The number of carbonyl (C=O) groups excluding carboxylic acids is 1. The molecule has 1 aromatic carbocycles. The molecule has 0 amide bonds. The summed E-state index contributed by atoms with van der Waals surface area (Å²) in [6.45, 7) is 3.94. The summed E-state index contributed by atoms with van der Waals surface area (Å²) in [4.78, 5) is 11.6. The Bertz CT molecular complexity index is 374. The first-order valence-corrected chi connectivity index (χ1v) is 5.12. The van der Waals surface area contributed by atoms with Crippen LogP contribution >= 0.6 is 0 Å². The van der Waals surface area contributed by atoms with Crippen molar-refractivity contribution in [1.82, 2.24) is 0 Å². The van der Waals surface area contributed by atoms with Crippen LogP contribution in [0.3, 0.4) is 0 Å². The van der Waals surface area contributed by atoms with Crippen LogP contribution in [0.1, 0.15) is 34.8 Å². The minimum atomic E-state index is -0.237. The fourth-order valence-corrected chi connectivity index (χ4v) is 1.55. The summed E-state index contributed by atoms with van der Waals surface area (Å²) < 4.78 is 13.3. The minimum absolute atomic E-state index is 0.00954. The molecule has 1 rings (SSSR count). The molecule has 0 radical (unpaired) electrons. The first kappa shape index (κ1) is 11.9. The molecule has 0 aliphatic carbocycles. The van der Waals surface area contributed by atoms with Crippen molar-refractivity contribution in [1.29, 1.82) is 0 Å². The zero-order valence-corrected chi connectivity index (χ0v) is 9.14. The van der Waals surface area contributed by atoms with Crippen molar-refractivity contribution >= 4 is 5.78 Å². The van der Waals surface area contributed by atoms with Gasteiger partial charge in [-0.2, -0.15) is 0 Å². The van der Waals surface area contributed by atoms with Crippen LogP contribution in [-0.2, 0) is 6.42 Å². The summed E-state index contributed by atoms with van der Waals surface area (Å²) in [7, 11) is 0. The zero-order chi connectivity index (χ0) is 11.4. The number of nitrogens with two attached hydrogens (primary N) is 1. The van der Waals surface area contributed by atoms with E-state index in [-0.39, 0.29) is 11.6 Å². The van der Waals surface area contributed by atoms with E-state index in [4.69, 9.17) is 5.73 Å². The third kappa shape index (κ3) is 2.63. The van der Waals surface area contributed by atoms with Crippen LogP contribution in [0.2, 0.25) is 0 Å². The SMILES string of the molecule is CCc1cc(C(=O)CCN)c(C)cc1F. The largest absolute Gasteiger partial charge is 0.330 e. The van der Waals surface area contributed by atoms with Crippen molar-refractivity contribution < 1.29 is 9.18 Å². The van der Waals surface area contributed by atoms with Crippen LogP contribution in [0.5, 0.6) is 0 Å². The van der Waals surface area contributed by atoms with Crippen LogP contribution < -0.4 is 5.73 Å². The Morgan fingerprint density at radius 3 is 2.67 bits per heavy atom. The molecule has 0 fully saturated rings. The Morgan fingerprint density at radius 1 is 1.47 bits per heavy atom. The highest BCUT2D eigenvalue weighted by atomic mass is 19.1. The molecule has 0 aliphatic rings. The lowest BCUT2D eigenvalue weighted by Gasteiger charge is -2.07. The topological polar surface area (TPSA) is 43.1 Å². The number of halogens is 1. The van der Waals surface area contributed by atoms with Crippen molar-refractivity contribution in [2.45, 2.75) is 26.7 Å².